The summed E-state index contributed by atoms with van der Waals surface area (Å²) in [5.41, 5.74) is -1.49. The van der Waals surface area contributed by atoms with Crippen LogP contribution in [0.2, 0.25) is 0 Å². The van der Waals surface area contributed by atoms with Gasteiger partial charge in [0, 0.05) is 12.1 Å². The molecule has 6 nitrogen and oxygen atoms in total. The summed E-state index contributed by atoms with van der Waals surface area (Å²) in [4.78, 5) is 12.2. The van der Waals surface area contributed by atoms with Crippen LogP contribution in [0.15, 0.2) is 11.2 Å². The molecule has 0 aromatic carbocycles. The molecular weight excluding hydrogens is 320 g/mol. The summed E-state index contributed by atoms with van der Waals surface area (Å²) >= 11 is 0. The molecule has 0 amide bonds. The second kappa shape index (κ2) is 7.53. The lowest BCUT2D eigenvalue weighted by Crippen LogP contribution is -2.45. The van der Waals surface area contributed by atoms with Crippen LogP contribution in [0.1, 0.15) is 37.1 Å². The molecule has 2 heterocycles. The molecule has 128 valence electrons. The highest BCUT2D eigenvalue weighted by Gasteiger charge is 2.28. The van der Waals surface area contributed by atoms with Crippen LogP contribution in [0.3, 0.4) is 0 Å². The van der Waals surface area contributed by atoms with Gasteiger partial charge in [-0.05, 0) is 25.5 Å². The van der Waals surface area contributed by atoms with E-state index in [1.165, 1.54) is 6.21 Å². The molecule has 1 aliphatic rings. The molecule has 0 aliphatic carbocycles. The van der Waals surface area contributed by atoms with Gasteiger partial charge in [-0.2, -0.15) is 5.10 Å². The molecule has 0 spiro atoms. The number of aromatic nitrogens is 2. The molecule has 10 heteroatoms. The molecule has 1 aromatic heterocycles. The minimum Gasteiger partial charge on any atom is -0.411 e. The van der Waals surface area contributed by atoms with Gasteiger partial charge < -0.3 is 10.5 Å². The zero-order valence-corrected chi connectivity index (χ0v) is 12.0. The Kier molecular flexibility index (Phi) is 5.69. The molecule has 2 atom stereocenters. The van der Waals surface area contributed by atoms with E-state index in [2.05, 4.69) is 15.6 Å². The Morgan fingerprint density at radius 2 is 2.22 bits per heavy atom. The number of hydrogen-bond donors (Lipinski definition) is 2. The van der Waals surface area contributed by atoms with Crippen LogP contribution in [0.5, 0.6) is 0 Å². The SMILES string of the molecule is O=C(Cn1nc(C(F)F)cc1C(F)F)C1CC(C=NO)CCN1. The fourth-order valence-electron chi connectivity index (χ4n) is 2.54. The van der Waals surface area contributed by atoms with Crippen LogP contribution in [0, 0.1) is 5.92 Å². The molecule has 1 fully saturated rings. The van der Waals surface area contributed by atoms with Crippen molar-refractivity contribution in [3.63, 3.8) is 0 Å². The molecular formula is C13H16F4N4O2. The van der Waals surface area contributed by atoms with Crippen molar-refractivity contribution in [1.82, 2.24) is 15.1 Å². The number of ketones is 1. The monoisotopic (exact) mass is 336 g/mol. The predicted octanol–water partition coefficient (Wildman–Crippen LogP) is 2.16. The Balaban J connectivity index is 2.10. The van der Waals surface area contributed by atoms with Crippen molar-refractivity contribution in [2.24, 2.45) is 11.1 Å². The summed E-state index contributed by atoms with van der Waals surface area (Å²) in [5, 5.41) is 17.8. The number of nitrogens with one attached hydrogen (secondary N) is 1. The number of rotatable bonds is 6. The molecule has 0 radical (unpaired) electrons. The maximum Gasteiger partial charge on any atom is 0.282 e. The topological polar surface area (TPSA) is 79.5 Å². The van der Waals surface area contributed by atoms with E-state index >= 15 is 0 Å². The third-order valence-electron chi connectivity index (χ3n) is 3.69. The Labute approximate surface area is 129 Å². The normalized spacial score (nSPS) is 22.3. The van der Waals surface area contributed by atoms with Crippen LogP contribution in [0.25, 0.3) is 0 Å². The molecule has 2 unspecified atom stereocenters. The predicted molar refractivity (Wildman–Crippen MR) is 71.9 cm³/mol. The van der Waals surface area contributed by atoms with Gasteiger partial charge in [0.15, 0.2) is 5.78 Å². The zero-order chi connectivity index (χ0) is 17.0. The zero-order valence-electron chi connectivity index (χ0n) is 12.0. The van der Waals surface area contributed by atoms with Gasteiger partial charge in [-0.3, -0.25) is 9.48 Å². The average Bonchev–Trinajstić information content (AvgIpc) is 2.92. The quantitative estimate of drug-likeness (QED) is 0.361. The fourth-order valence-corrected chi connectivity index (χ4v) is 2.54. The maximum absolute atomic E-state index is 12.9. The van der Waals surface area contributed by atoms with Gasteiger partial charge in [0.25, 0.3) is 12.9 Å². The van der Waals surface area contributed by atoms with Crippen LogP contribution in [-0.4, -0.2) is 39.6 Å². The van der Waals surface area contributed by atoms with Crippen molar-refractivity contribution in [3.8, 4) is 0 Å². The molecule has 0 bridgehead atoms. The van der Waals surface area contributed by atoms with E-state index in [1.54, 1.807) is 0 Å². The summed E-state index contributed by atoms with van der Waals surface area (Å²) < 4.78 is 51.6. The fraction of sp³-hybridized carbons (Fsp3) is 0.615. The molecule has 0 saturated carbocycles. The van der Waals surface area contributed by atoms with Crippen molar-refractivity contribution in [3.05, 3.63) is 17.5 Å². The molecule has 2 rings (SSSR count). The number of alkyl halides is 4. The van der Waals surface area contributed by atoms with Gasteiger partial charge in [-0.25, -0.2) is 17.6 Å². The second-order valence-electron chi connectivity index (χ2n) is 5.28. The van der Waals surface area contributed by atoms with E-state index in [4.69, 9.17) is 5.21 Å². The van der Waals surface area contributed by atoms with Gasteiger partial charge in [0.1, 0.15) is 17.9 Å². The number of nitrogens with zero attached hydrogens (tertiary/aromatic N) is 3. The van der Waals surface area contributed by atoms with Gasteiger partial charge in [-0.15, -0.1) is 5.16 Å². The minimum absolute atomic E-state index is 0.112. The van der Waals surface area contributed by atoms with E-state index < -0.39 is 42.6 Å². The number of halogens is 4. The number of carbonyl (C=O) groups is 1. The highest BCUT2D eigenvalue weighted by atomic mass is 19.3. The first-order valence-electron chi connectivity index (χ1n) is 7.00. The summed E-state index contributed by atoms with van der Waals surface area (Å²) in [5.74, 6) is -0.550. The van der Waals surface area contributed by atoms with Crippen LogP contribution in [0.4, 0.5) is 17.6 Å². The van der Waals surface area contributed by atoms with Crippen LogP contribution >= 0.6 is 0 Å². The lowest BCUT2D eigenvalue weighted by atomic mass is 9.91. The average molecular weight is 336 g/mol. The maximum atomic E-state index is 12.9. The molecule has 1 saturated heterocycles. The van der Waals surface area contributed by atoms with Crippen molar-refractivity contribution in [2.75, 3.05) is 6.54 Å². The molecule has 1 aliphatic heterocycles. The number of hydrogen-bond acceptors (Lipinski definition) is 5. The Morgan fingerprint density at radius 3 is 2.83 bits per heavy atom. The third kappa shape index (κ3) is 4.27. The highest BCUT2D eigenvalue weighted by molar-refractivity contribution is 5.84. The van der Waals surface area contributed by atoms with Gasteiger partial charge >= 0.3 is 0 Å². The Morgan fingerprint density at radius 1 is 1.48 bits per heavy atom. The lowest BCUT2D eigenvalue weighted by Gasteiger charge is -2.27. The van der Waals surface area contributed by atoms with Gasteiger partial charge in [-0.1, -0.05) is 0 Å². The van der Waals surface area contributed by atoms with E-state index in [9.17, 15) is 22.4 Å². The lowest BCUT2D eigenvalue weighted by molar-refractivity contribution is -0.122. The first-order valence-corrected chi connectivity index (χ1v) is 7.00. The minimum atomic E-state index is -3.00. The number of piperidine rings is 1. The van der Waals surface area contributed by atoms with Crippen molar-refractivity contribution >= 4 is 12.0 Å². The summed E-state index contributed by atoms with van der Waals surface area (Å²) in [6.45, 7) is -0.0246. The number of oxime groups is 1. The third-order valence-corrected chi connectivity index (χ3v) is 3.69. The van der Waals surface area contributed by atoms with E-state index in [0.717, 1.165) is 0 Å². The van der Waals surface area contributed by atoms with Crippen molar-refractivity contribution < 1.29 is 27.6 Å². The van der Waals surface area contributed by atoms with Crippen LogP contribution in [-0.2, 0) is 11.3 Å². The van der Waals surface area contributed by atoms with Gasteiger partial charge in [0.2, 0.25) is 0 Å². The largest absolute Gasteiger partial charge is 0.411 e. The summed E-state index contributed by atoms with van der Waals surface area (Å²) in [6, 6.07) is -0.0190. The molecule has 2 N–H and O–H groups in total. The number of carbonyl (C=O) groups excluding carboxylic acids is 1. The Hall–Kier alpha value is -1.97. The second-order valence-corrected chi connectivity index (χ2v) is 5.28. The summed E-state index contributed by atoms with van der Waals surface area (Å²) in [7, 11) is 0. The smallest absolute Gasteiger partial charge is 0.282 e. The van der Waals surface area contributed by atoms with E-state index in [0.29, 0.717) is 30.1 Å². The Bertz CT molecular complexity index is 576. The standard InChI is InChI=1S/C13H16F4N4O2/c14-12(15)9-4-10(13(16)17)21(20-9)6-11(22)8-3-7(5-19-23)1-2-18-8/h4-5,7-8,12-13,18,23H,1-3,6H2. The molecule has 23 heavy (non-hydrogen) atoms. The number of Topliss-reactive ketones (excluding diaryl/α,β-unsaturated/α-hetero) is 1. The summed E-state index contributed by atoms with van der Waals surface area (Å²) in [6.07, 6.45) is -3.66. The van der Waals surface area contributed by atoms with Crippen LogP contribution < -0.4 is 5.32 Å². The van der Waals surface area contributed by atoms with E-state index in [-0.39, 0.29) is 5.92 Å². The first kappa shape index (κ1) is 17.4. The van der Waals surface area contributed by atoms with E-state index in [1.807, 2.05) is 0 Å². The van der Waals surface area contributed by atoms with Gasteiger partial charge in [0.05, 0.1) is 6.04 Å². The first-order chi connectivity index (χ1) is 10.9. The molecule has 1 aromatic rings. The highest BCUT2D eigenvalue weighted by Crippen LogP contribution is 2.25. The van der Waals surface area contributed by atoms with Crippen molar-refractivity contribution in [2.45, 2.75) is 38.3 Å². The van der Waals surface area contributed by atoms with Crippen molar-refractivity contribution in [1.29, 1.82) is 0 Å².